The normalized spacial score (nSPS) is 10.6. The first kappa shape index (κ1) is 13.3. The molecule has 0 spiro atoms. The summed E-state index contributed by atoms with van der Waals surface area (Å²) in [6.07, 6.45) is 1.40. The molecule has 2 rings (SSSR count). The zero-order chi connectivity index (χ0) is 13.8. The number of hydrogen-bond donors (Lipinski definition) is 2. The van der Waals surface area contributed by atoms with E-state index in [1.807, 2.05) is 12.1 Å². The van der Waals surface area contributed by atoms with E-state index in [9.17, 15) is 0 Å². The Morgan fingerprint density at radius 1 is 1.21 bits per heavy atom. The number of anilines is 1. The minimum Gasteiger partial charge on any atom is -0.439 e. The van der Waals surface area contributed by atoms with E-state index in [2.05, 4.69) is 42.2 Å². The molecule has 1 heterocycles. The topological polar surface area (TPSA) is 73.1 Å². The molecule has 100 valence electrons. The van der Waals surface area contributed by atoms with Crippen molar-refractivity contribution in [1.82, 2.24) is 9.97 Å². The minimum absolute atomic E-state index is 0.458. The number of nitrogens with two attached hydrogens (primary N) is 1. The Kier molecular flexibility index (Phi) is 3.97. The van der Waals surface area contributed by atoms with Gasteiger partial charge in [0.05, 0.1) is 0 Å². The van der Waals surface area contributed by atoms with Gasteiger partial charge in [0.1, 0.15) is 17.9 Å². The minimum atomic E-state index is 0.458. The van der Waals surface area contributed by atoms with Crippen LogP contribution >= 0.6 is 0 Å². The summed E-state index contributed by atoms with van der Waals surface area (Å²) in [6.45, 7) is 6.42. The zero-order valence-corrected chi connectivity index (χ0v) is 11.3. The smallest absolute Gasteiger partial charge is 0.224 e. The van der Waals surface area contributed by atoms with Crippen LogP contribution in [0.1, 0.15) is 30.9 Å². The van der Waals surface area contributed by atoms with Crippen molar-refractivity contribution in [2.24, 2.45) is 5.84 Å². The zero-order valence-electron chi connectivity index (χ0n) is 11.3. The molecular weight excluding hydrogens is 240 g/mol. The summed E-state index contributed by atoms with van der Waals surface area (Å²) in [4.78, 5) is 7.97. The molecule has 0 radical (unpaired) electrons. The van der Waals surface area contributed by atoms with E-state index in [0.717, 1.165) is 5.75 Å². The summed E-state index contributed by atoms with van der Waals surface area (Å²) in [5.74, 6) is 7.52. The molecule has 5 nitrogen and oxygen atoms in total. The van der Waals surface area contributed by atoms with E-state index in [-0.39, 0.29) is 0 Å². The van der Waals surface area contributed by atoms with Gasteiger partial charge in [-0.2, -0.15) is 0 Å². The maximum atomic E-state index is 5.69. The monoisotopic (exact) mass is 258 g/mol. The van der Waals surface area contributed by atoms with Crippen molar-refractivity contribution in [3.05, 3.63) is 41.7 Å². The van der Waals surface area contributed by atoms with Crippen molar-refractivity contribution in [1.29, 1.82) is 0 Å². The van der Waals surface area contributed by atoms with Crippen molar-refractivity contribution in [2.75, 3.05) is 5.43 Å². The largest absolute Gasteiger partial charge is 0.439 e. The summed E-state index contributed by atoms with van der Waals surface area (Å²) in [5.41, 5.74) is 4.98. The number of benzene rings is 1. The molecule has 1 aromatic heterocycles. The maximum absolute atomic E-state index is 5.69. The lowest BCUT2D eigenvalue weighted by Crippen LogP contribution is -2.08. The van der Waals surface area contributed by atoms with Gasteiger partial charge in [0.15, 0.2) is 0 Å². The van der Waals surface area contributed by atoms with E-state index < -0.39 is 0 Å². The molecule has 0 aliphatic heterocycles. The van der Waals surface area contributed by atoms with E-state index in [4.69, 9.17) is 10.6 Å². The van der Waals surface area contributed by atoms with Gasteiger partial charge in [0.25, 0.3) is 0 Å². The Hall–Kier alpha value is -2.14. The number of nitrogens with zero attached hydrogens (tertiary/aromatic N) is 2. The van der Waals surface area contributed by atoms with Crippen LogP contribution in [0, 0.1) is 6.92 Å². The Labute approximate surface area is 112 Å². The van der Waals surface area contributed by atoms with Crippen LogP contribution in [0.2, 0.25) is 0 Å². The third-order valence-corrected chi connectivity index (χ3v) is 2.88. The van der Waals surface area contributed by atoms with Crippen LogP contribution in [-0.2, 0) is 0 Å². The Morgan fingerprint density at radius 3 is 2.63 bits per heavy atom. The van der Waals surface area contributed by atoms with Gasteiger partial charge in [-0.1, -0.05) is 19.9 Å². The fourth-order valence-corrected chi connectivity index (χ4v) is 1.95. The molecule has 19 heavy (non-hydrogen) atoms. The first-order valence-electron chi connectivity index (χ1n) is 6.17. The predicted octanol–water partition coefficient (Wildman–Crippen LogP) is 2.99. The van der Waals surface area contributed by atoms with Gasteiger partial charge in [0.2, 0.25) is 5.88 Å². The molecule has 2 aromatic rings. The SMILES string of the molecule is Cc1cc(Oc2cc(NN)ncn2)ccc1C(C)C. The highest BCUT2D eigenvalue weighted by Crippen LogP contribution is 2.26. The molecule has 5 heteroatoms. The molecule has 0 fully saturated rings. The van der Waals surface area contributed by atoms with Gasteiger partial charge in [-0.25, -0.2) is 15.8 Å². The second kappa shape index (κ2) is 5.67. The predicted molar refractivity (Wildman–Crippen MR) is 75.2 cm³/mol. The van der Waals surface area contributed by atoms with Crippen LogP contribution in [0.25, 0.3) is 0 Å². The van der Waals surface area contributed by atoms with Crippen molar-refractivity contribution in [3.63, 3.8) is 0 Å². The number of aryl methyl sites for hydroxylation is 1. The van der Waals surface area contributed by atoms with Crippen LogP contribution in [0.5, 0.6) is 11.6 Å². The van der Waals surface area contributed by atoms with Crippen molar-refractivity contribution in [3.8, 4) is 11.6 Å². The van der Waals surface area contributed by atoms with E-state index >= 15 is 0 Å². The fraction of sp³-hybridized carbons (Fsp3) is 0.286. The van der Waals surface area contributed by atoms with Crippen LogP contribution in [0.3, 0.4) is 0 Å². The van der Waals surface area contributed by atoms with E-state index in [1.165, 1.54) is 17.5 Å². The number of nitrogens with one attached hydrogen (secondary N) is 1. The molecule has 3 N–H and O–H groups in total. The number of ether oxygens (including phenoxy) is 1. The molecule has 0 atom stereocenters. The summed E-state index contributed by atoms with van der Waals surface area (Å²) < 4.78 is 5.69. The van der Waals surface area contributed by atoms with Crippen molar-refractivity contribution < 1.29 is 4.74 Å². The molecular formula is C14H18N4O. The number of nitrogen functional groups attached to an aromatic ring is 1. The number of hydrogen-bond acceptors (Lipinski definition) is 5. The number of hydrazine groups is 1. The van der Waals surface area contributed by atoms with Gasteiger partial charge in [-0.05, 0) is 36.1 Å². The fourth-order valence-electron chi connectivity index (χ4n) is 1.95. The molecule has 0 saturated carbocycles. The Morgan fingerprint density at radius 2 is 2.00 bits per heavy atom. The van der Waals surface area contributed by atoms with Crippen molar-refractivity contribution in [2.45, 2.75) is 26.7 Å². The summed E-state index contributed by atoms with van der Waals surface area (Å²) in [6, 6.07) is 7.68. The van der Waals surface area contributed by atoms with Gasteiger partial charge in [-0.3, -0.25) is 0 Å². The summed E-state index contributed by atoms with van der Waals surface area (Å²) in [5, 5.41) is 0. The second-order valence-corrected chi connectivity index (χ2v) is 4.66. The lowest BCUT2D eigenvalue weighted by molar-refractivity contribution is 0.461. The van der Waals surface area contributed by atoms with E-state index in [1.54, 1.807) is 6.07 Å². The lowest BCUT2D eigenvalue weighted by Gasteiger charge is -2.12. The standard InChI is InChI=1S/C14H18N4O/c1-9(2)12-5-4-11(6-10(12)3)19-14-7-13(18-15)16-8-17-14/h4-9H,15H2,1-3H3,(H,16,17,18). The third-order valence-electron chi connectivity index (χ3n) is 2.88. The molecule has 0 unspecified atom stereocenters. The lowest BCUT2D eigenvalue weighted by atomic mass is 9.98. The third kappa shape index (κ3) is 3.20. The first-order chi connectivity index (χ1) is 9.10. The summed E-state index contributed by atoms with van der Waals surface area (Å²) >= 11 is 0. The highest BCUT2D eigenvalue weighted by Gasteiger charge is 2.06. The van der Waals surface area contributed by atoms with Crippen LogP contribution in [0.4, 0.5) is 5.82 Å². The first-order valence-corrected chi connectivity index (χ1v) is 6.17. The Balaban J connectivity index is 2.21. The average Bonchev–Trinajstić information content (AvgIpc) is 2.38. The van der Waals surface area contributed by atoms with Gasteiger partial charge < -0.3 is 10.2 Å². The molecule has 1 aromatic carbocycles. The molecule has 0 aliphatic carbocycles. The summed E-state index contributed by atoms with van der Waals surface area (Å²) in [7, 11) is 0. The van der Waals surface area contributed by atoms with Crippen LogP contribution in [-0.4, -0.2) is 9.97 Å². The van der Waals surface area contributed by atoms with Gasteiger partial charge in [0, 0.05) is 6.07 Å². The van der Waals surface area contributed by atoms with Gasteiger partial charge >= 0.3 is 0 Å². The van der Waals surface area contributed by atoms with Crippen LogP contribution in [0.15, 0.2) is 30.6 Å². The quantitative estimate of drug-likeness (QED) is 0.651. The molecule has 0 aliphatic rings. The second-order valence-electron chi connectivity index (χ2n) is 4.66. The number of rotatable bonds is 4. The molecule has 0 bridgehead atoms. The van der Waals surface area contributed by atoms with Crippen molar-refractivity contribution >= 4 is 5.82 Å². The molecule has 0 amide bonds. The average molecular weight is 258 g/mol. The number of aromatic nitrogens is 2. The molecule has 0 saturated heterocycles. The van der Waals surface area contributed by atoms with E-state index in [0.29, 0.717) is 17.6 Å². The highest BCUT2D eigenvalue weighted by atomic mass is 16.5. The van der Waals surface area contributed by atoms with Gasteiger partial charge in [-0.15, -0.1) is 0 Å². The highest BCUT2D eigenvalue weighted by molar-refractivity contribution is 5.40. The van der Waals surface area contributed by atoms with Crippen LogP contribution < -0.4 is 16.0 Å². The Bertz CT molecular complexity index is 569. The maximum Gasteiger partial charge on any atom is 0.224 e.